The standard InChI is InChI=1S/C11H17N3OS/c1-13(2)11(15)10-8(4-5-14(10)3)9-6-12-7-16-9/h6-8,10H,4-5H2,1-3H3. The Bertz CT molecular complexity index is 363. The first-order chi connectivity index (χ1) is 7.61. The molecule has 1 aromatic heterocycles. The summed E-state index contributed by atoms with van der Waals surface area (Å²) in [6, 6.07) is -0.0181. The molecule has 1 fully saturated rings. The van der Waals surface area contributed by atoms with E-state index >= 15 is 0 Å². The lowest BCUT2D eigenvalue weighted by atomic mass is 9.98. The van der Waals surface area contributed by atoms with Gasteiger partial charge in [0, 0.05) is 31.1 Å². The van der Waals surface area contributed by atoms with Gasteiger partial charge < -0.3 is 4.90 Å². The molecule has 4 nitrogen and oxygen atoms in total. The number of hydrogen-bond donors (Lipinski definition) is 0. The zero-order valence-corrected chi connectivity index (χ0v) is 10.7. The number of aromatic nitrogens is 1. The van der Waals surface area contributed by atoms with Crippen molar-refractivity contribution in [3.63, 3.8) is 0 Å². The molecule has 1 saturated heterocycles. The van der Waals surface area contributed by atoms with Gasteiger partial charge in [0.15, 0.2) is 0 Å². The van der Waals surface area contributed by atoms with E-state index in [4.69, 9.17) is 0 Å². The lowest BCUT2D eigenvalue weighted by Crippen LogP contribution is -2.43. The van der Waals surface area contributed by atoms with E-state index in [1.807, 2.05) is 32.9 Å². The second kappa shape index (κ2) is 4.51. The van der Waals surface area contributed by atoms with Gasteiger partial charge in [0.2, 0.25) is 5.91 Å². The second-order valence-electron chi connectivity index (χ2n) is 4.46. The lowest BCUT2D eigenvalue weighted by molar-refractivity contribution is -0.133. The van der Waals surface area contributed by atoms with Crippen LogP contribution < -0.4 is 0 Å². The third-order valence-electron chi connectivity index (χ3n) is 3.16. The van der Waals surface area contributed by atoms with Crippen LogP contribution in [-0.4, -0.2) is 54.4 Å². The molecule has 1 aliphatic rings. The lowest BCUT2D eigenvalue weighted by Gasteiger charge is -2.26. The molecule has 2 rings (SSSR count). The Morgan fingerprint density at radius 1 is 1.62 bits per heavy atom. The number of rotatable bonds is 2. The number of carbonyl (C=O) groups excluding carboxylic acids is 1. The fraction of sp³-hybridized carbons (Fsp3) is 0.636. The predicted molar refractivity (Wildman–Crippen MR) is 64.6 cm³/mol. The first kappa shape index (κ1) is 11.5. The third-order valence-corrected chi connectivity index (χ3v) is 4.07. The van der Waals surface area contributed by atoms with E-state index in [1.165, 1.54) is 4.88 Å². The van der Waals surface area contributed by atoms with Gasteiger partial charge >= 0.3 is 0 Å². The zero-order valence-electron chi connectivity index (χ0n) is 9.88. The van der Waals surface area contributed by atoms with Gasteiger partial charge in [-0.1, -0.05) is 0 Å². The quantitative estimate of drug-likeness (QED) is 0.773. The maximum Gasteiger partial charge on any atom is 0.240 e. The third kappa shape index (κ3) is 1.97. The van der Waals surface area contributed by atoms with Crippen LogP contribution >= 0.6 is 11.3 Å². The minimum atomic E-state index is -0.0181. The maximum absolute atomic E-state index is 12.1. The van der Waals surface area contributed by atoms with Gasteiger partial charge in [-0.25, -0.2) is 0 Å². The molecule has 2 atom stereocenters. The normalized spacial score (nSPS) is 25.9. The van der Waals surface area contributed by atoms with Gasteiger partial charge in [-0.2, -0.15) is 0 Å². The number of hydrogen-bond acceptors (Lipinski definition) is 4. The Morgan fingerprint density at radius 3 is 2.94 bits per heavy atom. The molecule has 2 heterocycles. The molecule has 1 amide bonds. The topological polar surface area (TPSA) is 36.4 Å². The molecule has 0 N–H and O–H groups in total. The number of likely N-dealkylation sites (N-methyl/N-ethyl adjacent to an activating group) is 2. The summed E-state index contributed by atoms with van der Waals surface area (Å²) in [7, 11) is 5.66. The van der Waals surface area contributed by atoms with Crippen LogP contribution in [0.2, 0.25) is 0 Å². The summed E-state index contributed by atoms with van der Waals surface area (Å²) in [6.07, 6.45) is 2.94. The SMILES string of the molecule is CN(C)C(=O)C1C(c2cncs2)CCN1C. The number of carbonyl (C=O) groups is 1. The molecule has 0 spiro atoms. The van der Waals surface area contributed by atoms with Gasteiger partial charge in [-0.15, -0.1) is 11.3 Å². The van der Waals surface area contributed by atoms with Crippen molar-refractivity contribution in [3.8, 4) is 0 Å². The maximum atomic E-state index is 12.1. The number of amides is 1. The van der Waals surface area contributed by atoms with E-state index in [0.717, 1.165) is 13.0 Å². The number of thiazole rings is 1. The molecule has 1 aromatic rings. The molecule has 5 heteroatoms. The van der Waals surface area contributed by atoms with Crippen molar-refractivity contribution in [1.82, 2.24) is 14.8 Å². The van der Waals surface area contributed by atoms with E-state index in [9.17, 15) is 4.79 Å². The average molecular weight is 239 g/mol. The summed E-state index contributed by atoms with van der Waals surface area (Å²) in [4.78, 5) is 21.3. The Labute approximate surface area is 99.9 Å². The highest BCUT2D eigenvalue weighted by Gasteiger charge is 2.39. The first-order valence-corrected chi connectivity index (χ1v) is 6.29. The summed E-state index contributed by atoms with van der Waals surface area (Å²) in [5.41, 5.74) is 1.84. The summed E-state index contributed by atoms with van der Waals surface area (Å²) in [5, 5.41) is 0. The van der Waals surface area contributed by atoms with Crippen LogP contribution in [0.15, 0.2) is 11.7 Å². The Kier molecular flexibility index (Phi) is 3.25. The Balaban J connectivity index is 2.23. The minimum Gasteiger partial charge on any atom is -0.347 e. The van der Waals surface area contributed by atoms with Crippen LogP contribution in [-0.2, 0) is 4.79 Å². The van der Waals surface area contributed by atoms with Crippen LogP contribution in [0, 0.1) is 0 Å². The molecule has 0 aliphatic carbocycles. The fourth-order valence-corrected chi connectivity index (χ4v) is 3.07. The van der Waals surface area contributed by atoms with E-state index < -0.39 is 0 Å². The molecule has 1 aliphatic heterocycles. The van der Waals surface area contributed by atoms with Crippen molar-refractivity contribution in [2.75, 3.05) is 27.7 Å². The van der Waals surface area contributed by atoms with Crippen molar-refractivity contribution in [3.05, 3.63) is 16.6 Å². The highest BCUT2D eigenvalue weighted by Crippen LogP contribution is 2.35. The van der Waals surface area contributed by atoms with E-state index in [0.29, 0.717) is 5.92 Å². The molecule has 0 aromatic carbocycles. The number of nitrogens with zero attached hydrogens (tertiary/aromatic N) is 3. The number of likely N-dealkylation sites (tertiary alicyclic amines) is 1. The summed E-state index contributed by atoms with van der Waals surface area (Å²) < 4.78 is 0. The van der Waals surface area contributed by atoms with Crippen LogP contribution in [0.1, 0.15) is 17.2 Å². The molecular weight excluding hydrogens is 222 g/mol. The van der Waals surface area contributed by atoms with Gasteiger partial charge in [0.05, 0.1) is 11.6 Å². The van der Waals surface area contributed by atoms with Gasteiger partial charge in [0.25, 0.3) is 0 Å². The molecule has 0 bridgehead atoms. The van der Waals surface area contributed by atoms with Crippen LogP contribution in [0.3, 0.4) is 0 Å². The molecule has 0 saturated carbocycles. The van der Waals surface area contributed by atoms with Gasteiger partial charge in [0.1, 0.15) is 0 Å². The highest BCUT2D eigenvalue weighted by molar-refractivity contribution is 7.09. The van der Waals surface area contributed by atoms with Gasteiger partial charge in [-0.05, 0) is 20.0 Å². The molecule has 0 radical (unpaired) electrons. The second-order valence-corrected chi connectivity index (χ2v) is 5.38. The first-order valence-electron chi connectivity index (χ1n) is 5.41. The molecule has 2 unspecified atom stereocenters. The minimum absolute atomic E-state index is 0.0181. The molecule has 16 heavy (non-hydrogen) atoms. The Morgan fingerprint density at radius 2 is 2.38 bits per heavy atom. The van der Waals surface area contributed by atoms with Crippen molar-refractivity contribution in [2.24, 2.45) is 0 Å². The van der Waals surface area contributed by atoms with Crippen molar-refractivity contribution >= 4 is 17.2 Å². The highest BCUT2D eigenvalue weighted by atomic mass is 32.1. The Hall–Kier alpha value is -0.940. The predicted octanol–water partition coefficient (Wildman–Crippen LogP) is 1.02. The molecule has 88 valence electrons. The van der Waals surface area contributed by atoms with Crippen LogP contribution in [0.25, 0.3) is 0 Å². The molecular formula is C11H17N3OS. The van der Waals surface area contributed by atoms with Crippen molar-refractivity contribution in [2.45, 2.75) is 18.4 Å². The summed E-state index contributed by atoms with van der Waals surface area (Å²) in [5.74, 6) is 0.505. The van der Waals surface area contributed by atoms with Crippen molar-refractivity contribution in [1.29, 1.82) is 0 Å². The fourth-order valence-electron chi connectivity index (χ4n) is 2.28. The zero-order chi connectivity index (χ0) is 11.7. The summed E-state index contributed by atoms with van der Waals surface area (Å²) in [6.45, 7) is 0.979. The van der Waals surface area contributed by atoms with Crippen LogP contribution in [0.4, 0.5) is 0 Å². The summed E-state index contributed by atoms with van der Waals surface area (Å²) >= 11 is 1.65. The smallest absolute Gasteiger partial charge is 0.240 e. The average Bonchev–Trinajstić information content (AvgIpc) is 2.84. The van der Waals surface area contributed by atoms with E-state index in [-0.39, 0.29) is 11.9 Å². The largest absolute Gasteiger partial charge is 0.347 e. The van der Waals surface area contributed by atoms with Crippen molar-refractivity contribution < 1.29 is 4.79 Å². The van der Waals surface area contributed by atoms with Crippen LogP contribution in [0.5, 0.6) is 0 Å². The van der Waals surface area contributed by atoms with E-state index in [1.54, 1.807) is 16.2 Å². The van der Waals surface area contributed by atoms with Gasteiger partial charge in [-0.3, -0.25) is 14.7 Å². The van der Waals surface area contributed by atoms with E-state index in [2.05, 4.69) is 9.88 Å². The monoisotopic (exact) mass is 239 g/mol.